The summed E-state index contributed by atoms with van der Waals surface area (Å²) >= 11 is 0. The van der Waals surface area contributed by atoms with Crippen molar-refractivity contribution in [2.24, 2.45) is 0 Å². The molecular formula is C12H12F2O5S2. The van der Waals surface area contributed by atoms with Gasteiger partial charge in [0.2, 0.25) is 0 Å². The topological polar surface area (TPSA) is 77.5 Å². The number of halogens is 2. The van der Waals surface area contributed by atoms with Crippen molar-refractivity contribution >= 4 is 20.7 Å². The molecule has 0 unspecified atom stereocenters. The molecule has 0 radical (unpaired) electrons. The number of benzene rings is 1. The lowest BCUT2D eigenvalue weighted by Crippen LogP contribution is -2.10. The summed E-state index contributed by atoms with van der Waals surface area (Å²) in [5, 5.41) is 0. The van der Waals surface area contributed by atoms with E-state index < -0.39 is 32.2 Å². The molecule has 21 heavy (non-hydrogen) atoms. The third-order valence-electron chi connectivity index (χ3n) is 2.98. The Morgan fingerprint density at radius 3 is 1.95 bits per heavy atom. The second-order valence-electron chi connectivity index (χ2n) is 4.36. The Balaban J connectivity index is 3.75. The van der Waals surface area contributed by atoms with Gasteiger partial charge in [-0.3, -0.25) is 0 Å². The Morgan fingerprint density at radius 1 is 1.05 bits per heavy atom. The number of rotatable bonds is 4. The fourth-order valence-electron chi connectivity index (χ4n) is 2.08. The van der Waals surface area contributed by atoms with Crippen molar-refractivity contribution in [2.45, 2.75) is 26.5 Å². The molecule has 0 aliphatic heterocycles. The van der Waals surface area contributed by atoms with Crippen molar-refractivity contribution in [3.05, 3.63) is 27.8 Å². The highest BCUT2D eigenvalue weighted by Gasteiger charge is 2.24. The molecule has 0 N–H and O–H groups in total. The standard InChI is InChI=1S/C12H12F2O5S2/c1-5-10-7(2)11(6-20(13,15)16)9(4)12(8(10)3)19-21(14,17)18/h1H,6H2,2-4H3. The average molecular weight is 338 g/mol. The highest BCUT2D eigenvalue weighted by atomic mass is 32.3. The largest absolute Gasteiger partial charge is 0.488 e. The molecule has 0 saturated carbocycles. The summed E-state index contributed by atoms with van der Waals surface area (Å²) in [5.41, 5.74) is 0.491. The molecule has 5 nitrogen and oxygen atoms in total. The van der Waals surface area contributed by atoms with E-state index in [9.17, 15) is 24.6 Å². The van der Waals surface area contributed by atoms with Gasteiger partial charge in [0.05, 0.1) is 0 Å². The zero-order valence-electron chi connectivity index (χ0n) is 11.4. The molecule has 0 heterocycles. The third kappa shape index (κ3) is 4.15. The second-order valence-corrected chi connectivity index (χ2v) is 6.68. The Morgan fingerprint density at radius 2 is 1.57 bits per heavy atom. The van der Waals surface area contributed by atoms with Gasteiger partial charge >= 0.3 is 20.7 Å². The minimum Gasteiger partial charge on any atom is -0.358 e. The fourth-order valence-corrected chi connectivity index (χ4v) is 3.30. The fraction of sp³-hybridized carbons (Fsp3) is 0.333. The Kier molecular flexibility index (Phi) is 4.65. The van der Waals surface area contributed by atoms with Gasteiger partial charge in [0.1, 0.15) is 5.75 Å². The van der Waals surface area contributed by atoms with E-state index >= 15 is 0 Å². The minimum absolute atomic E-state index is 0.00792. The van der Waals surface area contributed by atoms with Crippen LogP contribution >= 0.6 is 0 Å². The zero-order valence-corrected chi connectivity index (χ0v) is 13.0. The van der Waals surface area contributed by atoms with Gasteiger partial charge in [-0.05, 0) is 37.5 Å². The van der Waals surface area contributed by atoms with Gasteiger partial charge in [-0.25, -0.2) is 0 Å². The van der Waals surface area contributed by atoms with Crippen LogP contribution < -0.4 is 4.18 Å². The van der Waals surface area contributed by atoms with Crippen molar-refractivity contribution < 1.29 is 28.8 Å². The molecule has 0 bridgehead atoms. The lowest BCUT2D eigenvalue weighted by atomic mass is 9.93. The Bertz CT molecular complexity index is 772. The van der Waals surface area contributed by atoms with E-state index in [1.807, 2.05) is 0 Å². The maximum atomic E-state index is 12.9. The molecule has 116 valence electrons. The molecule has 1 aromatic rings. The maximum Gasteiger partial charge on any atom is 0.488 e. The van der Waals surface area contributed by atoms with Crippen LogP contribution in [0, 0.1) is 33.1 Å². The molecule has 0 spiro atoms. The van der Waals surface area contributed by atoms with Crippen molar-refractivity contribution in [1.29, 1.82) is 0 Å². The SMILES string of the molecule is C#Cc1c(C)c(CS(=O)(=O)F)c(C)c(OS(=O)(=O)F)c1C. The van der Waals surface area contributed by atoms with E-state index in [2.05, 4.69) is 10.1 Å². The molecule has 0 aliphatic rings. The van der Waals surface area contributed by atoms with Crippen LogP contribution in [0.1, 0.15) is 27.8 Å². The second kappa shape index (κ2) is 5.61. The van der Waals surface area contributed by atoms with Gasteiger partial charge in [0.15, 0.2) is 5.75 Å². The van der Waals surface area contributed by atoms with E-state index in [0.29, 0.717) is 0 Å². The van der Waals surface area contributed by atoms with Crippen LogP contribution in [0.4, 0.5) is 7.77 Å². The van der Waals surface area contributed by atoms with Gasteiger partial charge in [0.25, 0.3) is 0 Å². The van der Waals surface area contributed by atoms with Crippen molar-refractivity contribution in [2.75, 3.05) is 0 Å². The minimum atomic E-state index is -5.33. The summed E-state index contributed by atoms with van der Waals surface area (Å²) in [7, 11) is -10.2. The van der Waals surface area contributed by atoms with Crippen molar-refractivity contribution in [1.82, 2.24) is 0 Å². The lowest BCUT2D eigenvalue weighted by Gasteiger charge is -2.17. The van der Waals surface area contributed by atoms with E-state index in [4.69, 9.17) is 6.42 Å². The van der Waals surface area contributed by atoms with Crippen LogP contribution in [0.2, 0.25) is 0 Å². The number of hydrogen-bond acceptors (Lipinski definition) is 5. The summed E-state index contributed by atoms with van der Waals surface area (Å²) in [6.45, 7) is 4.15. The highest BCUT2D eigenvalue weighted by Crippen LogP contribution is 2.35. The lowest BCUT2D eigenvalue weighted by molar-refractivity contribution is 0.436. The molecule has 0 aliphatic carbocycles. The van der Waals surface area contributed by atoms with Crippen LogP contribution in [0.3, 0.4) is 0 Å². The summed E-state index contributed by atoms with van der Waals surface area (Å²) < 4.78 is 72.9. The first kappa shape index (κ1) is 17.4. The first-order chi connectivity index (χ1) is 9.37. The number of hydrogen-bond donors (Lipinski definition) is 0. The van der Waals surface area contributed by atoms with Gasteiger partial charge in [0, 0.05) is 11.1 Å². The molecule has 1 rings (SSSR count). The molecular weight excluding hydrogens is 326 g/mol. The van der Waals surface area contributed by atoms with Crippen LogP contribution in [-0.2, 0) is 26.5 Å². The molecule has 0 atom stereocenters. The molecule has 0 saturated heterocycles. The number of terminal acetylenes is 1. The predicted octanol–water partition coefficient (Wildman–Crippen LogP) is 1.99. The van der Waals surface area contributed by atoms with E-state index in [0.717, 1.165) is 0 Å². The molecule has 0 fully saturated rings. The van der Waals surface area contributed by atoms with Crippen LogP contribution in [-0.4, -0.2) is 16.8 Å². The predicted molar refractivity (Wildman–Crippen MR) is 73.0 cm³/mol. The zero-order chi connectivity index (χ0) is 16.6. The van der Waals surface area contributed by atoms with Gasteiger partial charge in [-0.2, -0.15) is 16.8 Å². The van der Waals surface area contributed by atoms with E-state index in [-0.39, 0.29) is 27.8 Å². The molecule has 9 heteroatoms. The first-order valence-corrected chi connectivity index (χ1v) is 8.39. The first-order valence-electron chi connectivity index (χ1n) is 5.53. The van der Waals surface area contributed by atoms with Crippen molar-refractivity contribution in [3.63, 3.8) is 0 Å². The van der Waals surface area contributed by atoms with E-state index in [1.165, 1.54) is 20.8 Å². The highest BCUT2D eigenvalue weighted by molar-refractivity contribution is 7.85. The summed E-state index contributed by atoms with van der Waals surface area (Å²) in [4.78, 5) is 0. The van der Waals surface area contributed by atoms with E-state index in [1.54, 1.807) is 0 Å². The average Bonchev–Trinajstić information content (AvgIpc) is 2.29. The molecule has 0 aromatic heterocycles. The summed E-state index contributed by atoms with van der Waals surface area (Å²) in [6.07, 6.45) is 5.27. The quantitative estimate of drug-likeness (QED) is 0.620. The van der Waals surface area contributed by atoms with Gasteiger partial charge < -0.3 is 4.18 Å². The smallest absolute Gasteiger partial charge is 0.358 e. The molecule has 1 aromatic carbocycles. The van der Waals surface area contributed by atoms with Crippen LogP contribution in [0.5, 0.6) is 5.75 Å². The maximum absolute atomic E-state index is 12.9. The Hall–Kier alpha value is -1.66. The summed E-state index contributed by atoms with van der Waals surface area (Å²) in [6, 6.07) is 0. The van der Waals surface area contributed by atoms with Crippen molar-refractivity contribution in [3.8, 4) is 18.1 Å². The summed E-state index contributed by atoms with van der Waals surface area (Å²) in [5.74, 6) is 0.781. The van der Waals surface area contributed by atoms with Crippen LogP contribution in [0.15, 0.2) is 0 Å². The normalized spacial score (nSPS) is 12.0. The van der Waals surface area contributed by atoms with Gasteiger partial charge in [-0.1, -0.05) is 9.81 Å². The van der Waals surface area contributed by atoms with Gasteiger partial charge in [-0.15, -0.1) is 10.3 Å². The monoisotopic (exact) mass is 338 g/mol. The molecule has 0 amide bonds. The third-order valence-corrected chi connectivity index (χ3v) is 3.98. The van der Waals surface area contributed by atoms with Crippen LogP contribution in [0.25, 0.3) is 0 Å². The Labute approximate surface area is 122 Å².